The normalized spacial score (nSPS) is 17.5. The molecule has 1 aliphatic heterocycles. The molecule has 9 heteroatoms. The molecule has 0 bridgehead atoms. The van der Waals surface area contributed by atoms with Gasteiger partial charge in [0.2, 0.25) is 10.0 Å². The van der Waals surface area contributed by atoms with E-state index < -0.39 is 20.6 Å². The number of rotatable bonds is 5. The Bertz CT molecular complexity index is 642. The molecule has 0 radical (unpaired) electrons. The number of nitro groups is 1. The number of hydrogen-bond donors (Lipinski definition) is 1. The highest BCUT2D eigenvalue weighted by Crippen LogP contribution is 2.28. The van der Waals surface area contributed by atoms with E-state index in [-0.39, 0.29) is 21.9 Å². The predicted molar refractivity (Wildman–Crippen MR) is 72.2 cm³/mol. The van der Waals surface area contributed by atoms with Crippen molar-refractivity contribution in [1.82, 2.24) is 4.72 Å². The minimum atomic E-state index is -3.81. The molecule has 0 aromatic heterocycles. The minimum absolute atomic E-state index is 0.103. The highest BCUT2D eigenvalue weighted by molar-refractivity contribution is 7.89. The number of sulfonamides is 1. The van der Waals surface area contributed by atoms with Crippen molar-refractivity contribution in [3.8, 4) is 0 Å². The molecule has 0 atom stereocenters. The second-order valence-electron chi connectivity index (χ2n) is 5.00. The van der Waals surface area contributed by atoms with Crippen LogP contribution in [0.25, 0.3) is 0 Å². The van der Waals surface area contributed by atoms with E-state index in [4.69, 9.17) is 16.3 Å². The van der Waals surface area contributed by atoms with Crippen LogP contribution in [0.5, 0.6) is 0 Å². The molecule has 1 saturated heterocycles. The van der Waals surface area contributed by atoms with Crippen LogP contribution in [-0.4, -0.2) is 33.1 Å². The monoisotopic (exact) mass is 320 g/mol. The Hall–Kier alpha value is -1.22. The lowest BCUT2D eigenvalue weighted by Gasteiger charge is -2.37. The van der Waals surface area contributed by atoms with Crippen LogP contribution in [-0.2, 0) is 14.8 Å². The molecule has 7 nitrogen and oxygen atoms in total. The van der Waals surface area contributed by atoms with E-state index in [0.29, 0.717) is 13.2 Å². The molecule has 1 fully saturated rings. The van der Waals surface area contributed by atoms with Crippen LogP contribution < -0.4 is 4.72 Å². The van der Waals surface area contributed by atoms with Gasteiger partial charge in [-0.3, -0.25) is 10.1 Å². The lowest BCUT2D eigenvalue weighted by Crippen LogP contribution is -2.48. The maximum atomic E-state index is 12.1. The predicted octanol–water partition coefficient (Wildman–Crippen LogP) is 1.56. The zero-order valence-corrected chi connectivity index (χ0v) is 12.2. The Labute approximate surface area is 121 Å². The van der Waals surface area contributed by atoms with Gasteiger partial charge in [0.15, 0.2) is 0 Å². The van der Waals surface area contributed by atoms with Gasteiger partial charge in [-0.15, -0.1) is 0 Å². The van der Waals surface area contributed by atoms with Crippen LogP contribution >= 0.6 is 11.6 Å². The van der Waals surface area contributed by atoms with E-state index in [0.717, 1.165) is 6.07 Å². The van der Waals surface area contributed by atoms with Crippen molar-refractivity contribution < 1.29 is 18.1 Å². The van der Waals surface area contributed by atoms with Gasteiger partial charge in [-0.2, -0.15) is 0 Å². The summed E-state index contributed by atoms with van der Waals surface area (Å²) in [6.45, 7) is 3.07. The zero-order chi connectivity index (χ0) is 15.0. The van der Waals surface area contributed by atoms with E-state index in [9.17, 15) is 18.5 Å². The zero-order valence-electron chi connectivity index (χ0n) is 10.6. The quantitative estimate of drug-likeness (QED) is 0.655. The van der Waals surface area contributed by atoms with Crippen LogP contribution in [0.15, 0.2) is 23.1 Å². The molecule has 1 aromatic carbocycles. The lowest BCUT2D eigenvalue weighted by molar-refractivity contribution is -0.384. The maximum Gasteiger partial charge on any atom is 0.289 e. The lowest BCUT2D eigenvalue weighted by atomic mass is 9.89. The highest BCUT2D eigenvalue weighted by atomic mass is 35.5. The molecule has 0 unspecified atom stereocenters. The second-order valence-corrected chi connectivity index (χ2v) is 7.17. The topological polar surface area (TPSA) is 98.5 Å². The van der Waals surface area contributed by atoms with E-state index in [1.807, 2.05) is 6.92 Å². The van der Waals surface area contributed by atoms with Crippen LogP contribution in [0.4, 0.5) is 5.69 Å². The van der Waals surface area contributed by atoms with Gasteiger partial charge in [0.05, 0.1) is 23.0 Å². The Kier molecular flexibility index (Phi) is 4.01. The van der Waals surface area contributed by atoms with Gasteiger partial charge in [0.1, 0.15) is 5.02 Å². The van der Waals surface area contributed by atoms with E-state index in [1.165, 1.54) is 12.1 Å². The summed E-state index contributed by atoms with van der Waals surface area (Å²) in [5.74, 6) is 0. The molecule has 1 aliphatic rings. The van der Waals surface area contributed by atoms with Gasteiger partial charge >= 0.3 is 0 Å². The van der Waals surface area contributed by atoms with Crippen molar-refractivity contribution in [3.05, 3.63) is 33.3 Å². The number of ether oxygens (including phenoxy) is 1. The Morgan fingerprint density at radius 3 is 2.65 bits per heavy atom. The van der Waals surface area contributed by atoms with Crippen LogP contribution in [0.1, 0.15) is 6.92 Å². The number of halogens is 1. The molecule has 2 rings (SSSR count). The van der Waals surface area contributed by atoms with E-state index >= 15 is 0 Å². The average Bonchev–Trinajstić information content (AvgIpc) is 2.34. The third kappa shape index (κ3) is 3.09. The third-order valence-electron chi connectivity index (χ3n) is 3.01. The van der Waals surface area contributed by atoms with Crippen molar-refractivity contribution in [3.63, 3.8) is 0 Å². The molecule has 1 heterocycles. The summed E-state index contributed by atoms with van der Waals surface area (Å²) in [5.41, 5.74) is -0.668. The Morgan fingerprint density at radius 2 is 2.15 bits per heavy atom. The standard InChI is InChI=1S/C11H13ClN2O5S/c1-11(6-19-7-11)5-13-20(17,18)8-2-3-9(12)10(4-8)14(15)16/h2-4,13H,5-7H2,1H3. The Balaban J connectivity index is 2.21. The summed E-state index contributed by atoms with van der Waals surface area (Å²) in [5, 5.41) is 10.7. The number of benzene rings is 1. The number of nitro benzene ring substituents is 1. The first-order valence-electron chi connectivity index (χ1n) is 5.75. The molecule has 1 N–H and O–H groups in total. The number of nitrogens with zero attached hydrogens (tertiary/aromatic N) is 1. The molecule has 1 aromatic rings. The van der Waals surface area contributed by atoms with Crippen molar-refractivity contribution in [1.29, 1.82) is 0 Å². The average molecular weight is 321 g/mol. The van der Waals surface area contributed by atoms with E-state index in [2.05, 4.69) is 4.72 Å². The maximum absolute atomic E-state index is 12.1. The molecule has 0 saturated carbocycles. The first-order chi connectivity index (χ1) is 9.23. The second kappa shape index (κ2) is 5.28. The van der Waals surface area contributed by atoms with Gasteiger partial charge in [-0.05, 0) is 12.1 Å². The third-order valence-corrected chi connectivity index (χ3v) is 4.73. The van der Waals surface area contributed by atoms with Gasteiger partial charge in [0, 0.05) is 18.0 Å². The highest BCUT2D eigenvalue weighted by Gasteiger charge is 2.34. The largest absolute Gasteiger partial charge is 0.380 e. The molecule has 20 heavy (non-hydrogen) atoms. The summed E-state index contributed by atoms with van der Waals surface area (Å²) in [6.07, 6.45) is 0. The van der Waals surface area contributed by atoms with Gasteiger partial charge < -0.3 is 4.74 Å². The molecule has 110 valence electrons. The van der Waals surface area contributed by atoms with Crippen molar-refractivity contribution in [2.24, 2.45) is 5.41 Å². The molecule has 0 amide bonds. The fourth-order valence-electron chi connectivity index (χ4n) is 1.70. The van der Waals surface area contributed by atoms with Crippen molar-refractivity contribution in [2.45, 2.75) is 11.8 Å². The molecular weight excluding hydrogens is 308 g/mol. The molecular formula is C11H13ClN2O5S. The smallest absolute Gasteiger partial charge is 0.289 e. The number of nitrogens with one attached hydrogen (secondary N) is 1. The summed E-state index contributed by atoms with van der Waals surface area (Å²) in [6, 6.07) is 3.38. The summed E-state index contributed by atoms with van der Waals surface area (Å²) < 4.78 is 31.6. The van der Waals surface area contributed by atoms with Crippen molar-refractivity contribution in [2.75, 3.05) is 19.8 Å². The summed E-state index contributed by atoms with van der Waals surface area (Å²) in [7, 11) is -3.81. The fraction of sp³-hybridized carbons (Fsp3) is 0.455. The Morgan fingerprint density at radius 1 is 1.50 bits per heavy atom. The van der Waals surface area contributed by atoms with Crippen LogP contribution in [0.2, 0.25) is 5.02 Å². The minimum Gasteiger partial charge on any atom is -0.380 e. The molecule has 0 spiro atoms. The molecule has 0 aliphatic carbocycles. The first-order valence-corrected chi connectivity index (χ1v) is 7.61. The fourth-order valence-corrected chi connectivity index (χ4v) is 3.11. The van der Waals surface area contributed by atoms with E-state index in [1.54, 1.807) is 0 Å². The number of hydrogen-bond acceptors (Lipinski definition) is 5. The van der Waals surface area contributed by atoms with Crippen LogP contribution in [0.3, 0.4) is 0 Å². The SMILES string of the molecule is CC1(CNS(=O)(=O)c2ccc(Cl)c([N+](=O)[O-])c2)COC1. The van der Waals surface area contributed by atoms with Crippen molar-refractivity contribution >= 4 is 27.3 Å². The van der Waals surface area contributed by atoms with Gasteiger partial charge in [-0.1, -0.05) is 18.5 Å². The first kappa shape index (κ1) is 15.2. The van der Waals surface area contributed by atoms with Crippen LogP contribution in [0, 0.1) is 15.5 Å². The summed E-state index contributed by atoms with van der Waals surface area (Å²) in [4.78, 5) is 9.86. The summed E-state index contributed by atoms with van der Waals surface area (Å²) >= 11 is 5.65. The van der Waals surface area contributed by atoms with Gasteiger partial charge in [-0.25, -0.2) is 13.1 Å². The van der Waals surface area contributed by atoms with Gasteiger partial charge in [0.25, 0.3) is 5.69 Å².